The van der Waals surface area contributed by atoms with Crippen LogP contribution in [0.3, 0.4) is 0 Å². The van der Waals surface area contributed by atoms with Crippen LogP contribution in [0.2, 0.25) is 0 Å². The molecule has 8 nitrogen and oxygen atoms in total. The fourth-order valence-corrected chi connectivity index (χ4v) is 4.69. The van der Waals surface area contributed by atoms with Crippen molar-refractivity contribution in [2.24, 2.45) is 0 Å². The molecular weight excluding hydrogens is 498 g/mol. The van der Waals surface area contributed by atoms with Crippen molar-refractivity contribution < 1.29 is 34.0 Å². The SMILES string of the molecule is CCOc1cc(C2C(=C(O)c3ccc(OCc4ccccc4)cc3C)C(=O)C(=O)N2CCCOC)ccc1O. The van der Waals surface area contributed by atoms with Gasteiger partial charge in [-0.15, -0.1) is 0 Å². The Labute approximate surface area is 228 Å². The van der Waals surface area contributed by atoms with Crippen molar-refractivity contribution in [3.05, 3.63) is 94.6 Å². The first kappa shape index (κ1) is 27.7. The number of likely N-dealkylation sites (tertiary alicyclic amines) is 1. The van der Waals surface area contributed by atoms with Gasteiger partial charge in [-0.2, -0.15) is 0 Å². The van der Waals surface area contributed by atoms with E-state index >= 15 is 0 Å². The predicted molar refractivity (Wildman–Crippen MR) is 147 cm³/mol. The van der Waals surface area contributed by atoms with E-state index in [1.165, 1.54) is 11.0 Å². The van der Waals surface area contributed by atoms with E-state index < -0.39 is 17.7 Å². The first-order valence-corrected chi connectivity index (χ1v) is 12.9. The Bertz CT molecular complexity index is 1370. The van der Waals surface area contributed by atoms with Gasteiger partial charge in [-0.25, -0.2) is 0 Å². The topological polar surface area (TPSA) is 106 Å². The molecule has 0 bridgehead atoms. The molecule has 0 spiro atoms. The fraction of sp³-hybridized carbons (Fsp3) is 0.290. The number of carbonyl (C=O) groups excluding carboxylic acids is 2. The molecule has 1 unspecified atom stereocenters. The highest BCUT2D eigenvalue weighted by Gasteiger charge is 2.46. The normalized spacial score (nSPS) is 16.5. The molecule has 4 rings (SSSR count). The highest BCUT2D eigenvalue weighted by Crippen LogP contribution is 2.42. The van der Waals surface area contributed by atoms with Crippen molar-refractivity contribution in [1.29, 1.82) is 0 Å². The second kappa shape index (κ2) is 12.5. The van der Waals surface area contributed by atoms with Gasteiger partial charge in [0.15, 0.2) is 11.5 Å². The van der Waals surface area contributed by atoms with Crippen LogP contribution in [0.4, 0.5) is 0 Å². The smallest absolute Gasteiger partial charge is 0.295 e. The number of nitrogens with zero attached hydrogens (tertiary/aromatic N) is 1. The molecule has 1 saturated heterocycles. The van der Waals surface area contributed by atoms with Gasteiger partial charge in [0.2, 0.25) is 0 Å². The van der Waals surface area contributed by atoms with E-state index in [0.717, 1.165) is 5.56 Å². The number of phenols is 1. The average molecular weight is 532 g/mol. The van der Waals surface area contributed by atoms with Crippen LogP contribution < -0.4 is 9.47 Å². The van der Waals surface area contributed by atoms with Gasteiger partial charge in [0.25, 0.3) is 11.7 Å². The molecule has 39 heavy (non-hydrogen) atoms. The third-order valence-electron chi connectivity index (χ3n) is 6.59. The molecule has 0 saturated carbocycles. The van der Waals surface area contributed by atoms with Gasteiger partial charge in [0, 0.05) is 25.8 Å². The maximum absolute atomic E-state index is 13.3. The van der Waals surface area contributed by atoms with Crippen LogP contribution in [-0.2, 0) is 20.9 Å². The quantitative estimate of drug-likeness (QED) is 0.153. The van der Waals surface area contributed by atoms with Crippen molar-refractivity contribution in [1.82, 2.24) is 4.90 Å². The van der Waals surface area contributed by atoms with Gasteiger partial charge in [0.1, 0.15) is 18.1 Å². The Morgan fingerprint density at radius 2 is 1.77 bits per heavy atom. The lowest BCUT2D eigenvalue weighted by Gasteiger charge is -2.26. The highest BCUT2D eigenvalue weighted by molar-refractivity contribution is 6.46. The van der Waals surface area contributed by atoms with Crippen molar-refractivity contribution in [2.45, 2.75) is 32.9 Å². The zero-order chi connectivity index (χ0) is 27.9. The maximum Gasteiger partial charge on any atom is 0.295 e. The number of Topliss-reactive ketones (excluding diaryl/α,β-unsaturated/α-hetero) is 1. The molecule has 0 aliphatic carbocycles. The summed E-state index contributed by atoms with van der Waals surface area (Å²) in [6, 6.07) is 18.8. The lowest BCUT2D eigenvalue weighted by atomic mass is 9.93. The Morgan fingerprint density at radius 1 is 1.00 bits per heavy atom. The van der Waals surface area contributed by atoms with Crippen LogP contribution >= 0.6 is 0 Å². The van der Waals surface area contributed by atoms with Crippen LogP contribution in [0, 0.1) is 6.92 Å². The van der Waals surface area contributed by atoms with Gasteiger partial charge in [-0.3, -0.25) is 9.59 Å². The molecule has 1 aliphatic rings. The van der Waals surface area contributed by atoms with E-state index in [1.54, 1.807) is 44.4 Å². The Kier molecular flexibility index (Phi) is 8.88. The standard InChI is InChI=1S/C31H33NO7/c1-4-38-26-18-22(11-14-25(26)33)28-27(30(35)31(36)32(28)15-8-16-37-3)29(34)24-13-12-23(17-20(24)2)39-19-21-9-6-5-7-10-21/h5-7,9-14,17-18,28,33-34H,4,8,15-16,19H2,1-3H3. The number of ether oxygens (including phenoxy) is 3. The summed E-state index contributed by atoms with van der Waals surface area (Å²) in [7, 11) is 1.57. The Morgan fingerprint density at radius 3 is 2.46 bits per heavy atom. The van der Waals surface area contributed by atoms with E-state index in [2.05, 4.69) is 0 Å². The number of benzene rings is 3. The number of amides is 1. The Balaban J connectivity index is 1.73. The van der Waals surface area contributed by atoms with Gasteiger partial charge < -0.3 is 29.3 Å². The first-order chi connectivity index (χ1) is 18.8. The molecule has 1 fully saturated rings. The third kappa shape index (κ3) is 6.07. The number of aromatic hydroxyl groups is 1. The number of aryl methyl sites for hydroxylation is 1. The number of phenolic OH excluding ortho intramolecular Hbond substituents is 1. The molecule has 1 amide bonds. The lowest BCUT2D eigenvalue weighted by molar-refractivity contribution is -0.140. The summed E-state index contributed by atoms with van der Waals surface area (Å²) in [5.74, 6) is -0.962. The summed E-state index contributed by atoms with van der Waals surface area (Å²) in [6.07, 6.45) is 0.503. The van der Waals surface area contributed by atoms with E-state index in [0.29, 0.717) is 48.7 Å². The van der Waals surface area contributed by atoms with Crippen molar-refractivity contribution in [2.75, 3.05) is 26.9 Å². The minimum Gasteiger partial charge on any atom is -0.507 e. The van der Waals surface area contributed by atoms with Gasteiger partial charge in [-0.1, -0.05) is 36.4 Å². The Hall–Kier alpha value is -4.30. The zero-order valence-electron chi connectivity index (χ0n) is 22.3. The first-order valence-electron chi connectivity index (χ1n) is 12.9. The van der Waals surface area contributed by atoms with Crippen LogP contribution in [0.25, 0.3) is 5.76 Å². The van der Waals surface area contributed by atoms with Gasteiger partial charge in [0.05, 0.1) is 18.2 Å². The van der Waals surface area contributed by atoms with Crippen LogP contribution in [0.15, 0.2) is 72.3 Å². The van der Waals surface area contributed by atoms with E-state index in [-0.39, 0.29) is 29.4 Å². The summed E-state index contributed by atoms with van der Waals surface area (Å²) >= 11 is 0. The second-order valence-electron chi connectivity index (χ2n) is 9.25. The zero-order valence-corrected chi connectivity index (χ0v) is 22.3. The average Bonchev–Trinajstić information content (AvgIpc) is 3.19. The highest BCUT2D eigenvalue weighted by atomic mass is 16.5. The molecular formula is C31H33NO7. The number of hydrogen-bond acceptors (Lipinski definition) is 7. The molecule has 1 aliphatic heterocycles. The van der Waals surface area contributed by atoms with E-state index in [9.17, 15) is 19.8 Å². The van der Waals surface area contributed by atoms with Gasteiger partial charge >= 0.3 is 0 Å². The molecule has 8 heteroatoms. The van der Waals surface area contributed by atoms with Crippen LogP contribution in [-0.4, -0.2) is 53.7 Å². The second-order valence-corrected chi connectivity index (χ2v) is 9.25. The molecule has 204 valence electrons. The third-order valence-corrected chi connectivity index (χ3v) is 6.59. The molecule has 3 aromatic carbocycles. The number of ketones is 1. The minimum atomic E-state index is -0.866. The summed E-state index contributed by atoms with van der Waals surface area (Å²) in [5.41, 5.74) is 2.64. The molecule has 1 heterocycles. The number of methoxy groups -OCH3 is 1. The number of aliphatic hydroxyl groups is 1. The van der Waals surface area contributed by atoms with Crippen LogP contribution in [0.1, 0.15) is 41.6 Å². The minimum absolute atomic E-state index is 0.0217. The number of carbonyl (C=O) groups is 2. The lowest BCUT2D eigenvalue weighted by Crippen LogP contribution is -2.31. The van der Waals surface area contributed by atoms with Crippen LogP contribution in [0.5, 0.6) is 17.2 Å². The number of rotatable bonds is 11. The van der Waals surface area contributed by atoms with Crippen molar-refractivity contribution in [3.8, 4) is 17.2 Å². The van der Waals surface area contributed by atoms with E-state index in [4.69, 9.17) is 14.2 Å². The van der Waals surface area contributed by atoms with E-state index in [1.807, 2.05) is 37.3 Å². The fourth-order valence-electron chi connectivity index (χ4n) is 4.69. The number of aliphatic hydroxyl groups excluding tert-OH is 1. The van der Waals surface area contributed by atoms with Crippen molar-refractivity contribution >= 4 is 17.4 Å². The summed E-state index contributed by atoms with van der Waals surface area (Å²) < 4.78 is 16.6. The predicted octanol–water partition coefficient (Wildman–Crippen LogP) is 5.14. The monoisotopic (exact) mass is 531 g/mol. The largest absolute Gasteiger partial charge is 0.507 e. The maximum atomic E-state index is 13.3. The molecule has 0 radical (unpaired) electrons. The summed E-state index contributed by atoms with van der Waals surface area (Å²) in [5, 5.41) is 21.7. The van der Waals surface area contributed by atoms with Crippen molar-refractivity contribution in [3.63, 3.8) is 0 Å². The molecule has 3 aromatic rings. The molecule has 2 N–H and O–H groups in total. The molecule has 1 atom stereocenters. The molecule has 0 aromatic heterocycles. The summed E-state index contributed by atoms with van der Waals surface area (Å²) in [6.45, 7) is 4.96. The van der Waals surface area contributed by atoms with Gasteiger partial charge in [-0.05, 0) is 67.3 Å². The summed E-state index contributed by atoms with van der Waals surface area (Å²) in [4.78, 5) is 27.9. The number of hydrogen-bond donors (Lipinski definition) is 2.